The van der Waals surface area contributed by atoms with Crippen molar-refractivity contribution in [3.63, 3.8) is 0 Å². The van der Waals surface area contributed by atoms with E-state index in [0.717, 1.165) is 25.7 Å². The predicted molar refractivity (Wildman–Crippen MR) is 53.1 cm³/mol. The molecule has 0 unspecified atom stereocenters. The predicted octanol–water partition coefficient (Wildman–Crippen LogP) is 2.57. The van der Waals surface area contributed by atoms with Gasteiger partial charge in [-0.05, 0) is 42.8 Å². The first kappa shape index (κ1) is 8.95. The Labute approximate surface area is 83.4 Å². The van der Waals surface area contributed by atoms with Crippen molar-refractivity contribution in [1.29, 1.82) is 0 Å². The summed E-state index contributed by atoms with van der Waals surface area (Å²) < 4.78 is 0. The van der Waals surface area contributed by atoms with Gasteiger partial charge in [0, 0.05) is 11.4 Å². The first-order valence-electron chi connectivity index (χ1n) is 4.85. The van der Waals surface area contributed by atoms with Gasteiger partial charge in [-0.3, -0.25) is 0 Å². The van der Waals surface area contributed by atoms with Crippen LogP contribution in [0.4, 0.5) is 0 Å². The molecule has 0 N–H and O–H groups in total. The van der Waals surface area contributed by atoms with E-state index in [2.05, 4.69) is 16.9 Å². The van der Waals surface area contributed by atoms with Gasteiger partial charge in [-0.1, -0.05) is 13.3 Å². The Morgan fingerprint density at radius 1 is 1.31 bits per heavy atom. The zero-order valence-corrected chi connectivity index (χ0v) is 8.56. The highest BCUT2D eigenvalue weighted by atomic mass is 35.5. The molecule has 0 amide bonds. The molecular formula is C10H13ClN2. The lowest BCUT2D eigenvalue weighted by Gasteiger charge is -2.05. The third-order valence-corrected chi connectivity index (χ3v) is 2.65. The fourth-order valence-electron chi connectivity index (χ4n) is 1.92. The Kier molecular flexibility index (Phi) is 2.49. The molecule has 0 bridgehead atoms. The van der Waals surface area contributed by atoms with E-state index >= 15 is 0 Å². The van der Waals surface area contributed by atoms with Gasteiger partial charge in [-0.2, -0.15) is 0 Å². The van der Waals surface area contributed by atoms with E-state index in [4.69, 9.17) is 11.6 Å². The van der Waals surface area contributed by atoms with Crippen LogP contribution in [0, 0.1) is 0 Å². The van der Waals surface area contributed by atoms with Gasteiger partial charge in [0.05, 0.1) is 0 Å². The topological polar surface area (TPSA) is 25.8 Å². The zero-order valence-electron chi connectivity index (χ0n) is 7.81. The Morgan fingerprint density at radius 2 is 2.15 bits per heavy atom. The number of halogens is 1. The van der Waals surface area contributed by atoms with Gasteiger partial charge in [-0.15, -0.1) is 0 Å². The molecule has 70 valence electrons. The van der Waals surface area contributed by atoms with Crippen LogP contribution in [0.2, 0.25) is 5.28 Å². The van der Waals surface area contributed by atoms with E-state index in [1.165, 1.54) is 23.4 Å². The minimum Gasteiger partial charge on any atom is -0.223 e. The Bertz CT molecular complexity index is 323. The van der Waals surface area contributed by atoms with E-state index in [0.29, 0.717) is 5.28 Å². The fourth-order valence-corrected chi connectivity index (χ4v) is 2.12. The van der Waals surface area contributed by atoms with Crippen LogP contribution in [0.1, 0.15) is 36.7 Å². The maximum Gasteiger partial charge on any atom is 0.222 e. The molecule has 2 nitrogen and oxygen atoms in total. The number of nitrogens with zero attached hydrogens (tertiary/aromatic N) is 2. The minimum absolute atomic E-state index is 0.420. The lowest BCUT2D eigenvalue weighted by Crippen LogP contribution is -2.00. The van der Waals surface area contributed by atoms with Crippen molar-refractivity contribution in [2.24, 2.45) is 0 Å². The number of hydrogen-bond acceptors (Lipinski definition) is 2. The number of hydrogen-bond donors (Lipinski definition) is 0. The summed E-state index contributed by atoms with van der Waals surface area (Å²) in [5.74, 6) is 0. The summed E-state index contributed by atoms with van der Waals surface area (Å²) >= 11 is 5.84. The van der Waals surface area contributed by atoms with E-state index in [1.54, 1.807) is 0 Å². The summed E-state index contributed by atoms with van der Waals surface area (Å²) in [6, 6.07) is 0. The molecule has 0 spiro atoms. The van der Waals surface area contributed by atoms with Crippen molar-refractivity contribution in [1.82, 2.24) is 9.97 Å². The van der Waals surface area contributed by atoms with E-state index in [-0.39, 0.29) is 0 Å². The Balaban J connectivity index is 2.43. The molecule has 13 heavy (non-hydrogen) atoms. The smallest absolute Gasteiger partial charge is 0.222 e. The molecule has 0 atom stereocenters. The molecule has 1 aliphatic rings. The van der Waals surface area contributed by atoms with Crippen LogP contribution in [0.3, 0.4) is 0 Å². The van der Waals surface area contributed by atoms with Gasteiger partial charge in [-0.25, -0.2) is 9.97 Å². The number of aromatic nitrogens is 2. The molecule has 0 fully saturated rings. The van der Waals surface area contributed by atoms with Crippen LogP contribution >= 0.6 is 11.6 Å². The van der Waals surface area contributed by atoms with Crippen molar-refractivity contribution >= 4 is 11.6 Å². The highest BCUT2D eigenvalue weighted by Gasteiger charge is 2.17. The standard InChI is InChI=1S/C10H13ClN2/c1-2-4-8-7-5-3-6-9(7)13-10(11)12-8/h2-6H2,1H3. The Hall–Kier alpha value is -0.630. The van der Waals surface area contributed by atoms with Crippen molar-refractivity contribution in [3.05, 3.63) is 22.2 Å². The van der Waals surface area contributed by atoms with Crippen LogP contribution < -0.4 is 0 Å². The third kappa shape index (κ3) is 1.68. The number of fused-ring (bicyclic) bond motifs is 1. The van der Waals surface area contributed by atoms with Gasteiger partial charge in [0.2, 0.25) is 5.28 Å². The molecule has 1 aromatic heterocycles. The van der Waals surface area contributed by atoms with Crippen molar-refractivity contribution in [2.75, 3.05) is 0 Å². The van der Waals surface area contributed by atoms with E-state index < -0.39 is 0 Å². The second kappa shape index (κ2) is 3.62. The second-order valence-corrected chi connectivity index (χ2v) is 3.81. The second-order valence-electron chi connectivity index (χ2n) is 3.47. The molecule has 0 saturated carbocycles. The molecule has 0 saturated heterocycles. The minimum atomic E-state index is 0.420. The van der Waals surface area contributed by atoms with E-state index in [9.17, 15) is 0 Å². The van der Waals surface area contributed by atoms with Crippen molar-refractivity contribution in [2.45, 2.75) is 39.0 Å². The summed E-state index contributed by atoms with van der Waals surface area (Å²) in [7, 11) is 0. The van der Waals surface area contributed by atoms with Crippen LogP contribution in [0.25, 0.3) is 0 Å². The van der Waals surface area contributed by atoms with Gasteiger partial charge in [0.25, 0.3) is 0 Å². The van der Waals surface area contributed by atoms with Gasteiger partial charge < -0.3 is 0 Å². The fraction of sp³-hybridized carbons (Fsp3) is 0.600. The maximum atomic E-state index is 5.84. The summed E-state index contributed by atoms with van der Waals surface area (Å²) in [6.07, 6.45) is 5.58. The molecule has 0 radical (unpaired) electrons. The summed E-state index contributed by atoms with van der Waals surface area (Å²) in [5, 5.41) is 0.420. The van der Waals surface area contributed by atoms with Crippen LogP contribution in [-0.4, -0.2) is 9.97 Å². The lowest BCUT2D eigenvalue weighted by molar-refractivity contribution is 0.845. The maximum absolute atomic E-state index is 5.84. The lowest BCUT2D eigenvalue weighted by atomic mass is 10.1. The van der Waals surface area contributed by atoms with Crippen molar-refractivity contribution in [3.8, 4) is 0 Å². The average Bonchev–Trinajstić information content (AvgIpc) is 2.52. The first-order chi connectivity index (χ1) is 6.31. The van der Waals surface area contributed by atoms with Gasteiger partial charge >= 0.3 is 0 Å². The molecular weight excluding hydrogens is 184 g/mol. The SMILES string of the molecule is CCCc1nc(Cl)nc2c1CCC2. The first-order valence-corrected chi connectivity index (χ1v) is 5.23. The molecule has 0 aliphatic heterocycles. The van der Waals surface area contributed by atoms with Gasteiger partial charge in [0.1, 0.15) is 0 Å². The molecule has 1 aliphatic carbocycles. The number of aryl methyl sites for hydroxylation is 2. The van der Waals surface area contributed by atoms with Crippen LogP contribution in [-0.2, 0) is 19.3 Å². The molecule has 1 aromatic rings. The van der Waals surface area contributed by atoms with Gasteiger partial charge in [0.15, 0.2) is 0 Å². The number of rotatable bonds is 2. The summed E-state index contributed by atoms with van der Waals surface area (Å²) in [6.45, 7) is 2.16. The molecule has 3 heteroatoms. The molecule has 0 aromatic carbocycles. The summed E-state index contributed by atoms with van der Waals surface area (Å²) in [5.41, 5.74) is 3.73. The monoisotopic (exact) mass is 196 g/mol. The average molecular weight is 197 g/mol. The highest BCUT2D eigenvalue weighted by molar-refractivity contribution is 6.28. The normalized spacial score (nSPS) is 14.6. The highest BCUT2D eigenvalue weighted by Crippen LogP contribution is 2.24. The largest absolute Gasteiger partial charge is 0.223 e. The molecule has 2 rings (SSSR count). The summed E-state index contributed by atoms with van der Waals surface area (Å²) in [4.78, 5) is 8.54. The zero-order chi connectivity index (χ0) is 9.26. The van der Waals surface area contributed by atoms with Crippen LogP contribution in [0.15, 0.2) is 0 Å². The third-order valence-electron chi connectivity index (χ3n) is 2.48. The quantitative estimate of drug-likeness (QED) is 0.680. The molecule has 1 heterocycles. The van der Waals surface area contributed by atoms with Crippen molar-refractivity contribution < 1.29 is 0 Å². The Morgan fingerprint density at radius 3 is 2.92 bits per heavy atom. The van der Waals surface area contributed by atoms with Crippen LogP contribution in [0.5, 0.6) is 0 Å². The van der Waals surface area contributed by atoms with E-state index in [1.807, 2.05) is 0 Å².